The number of ether oxygens (including phenoxy) is 3. The van der Waals surface area contributed by atoms with Crippen molar-refractivity contribution in [3.05, 3.63) is 46.2 Å². The molecular formula is C24H28ClN3O6. The number of hydrogen-bond donors (Lipinski definition) is 2. The number of carbonyl (C=O) groups excluding carboxylic acids is 2. The lowest BCUT2D eigenvalue weighted by molar-refractivity contribution is -0.132. The van der Waals surface area contributed by atoms with Gasteiger partial charge in [-0.1, -0.05) is 25.4 Å². The molecule has 2 aromatic rings. The van der Waals surface area contributed by atoms with Crippen LogP contribution in [0.25, 0.3) is 0 Å². The second kappa shape index (κ2) is 9.31. The molecule has 4 rings (SSSR count). The number of rotatable bonds is 7. The van der Waals surface area contributed by atoms with Gasteiger partial charge in [-0.25, -0.2) is 4.98 Å². The molecule has 0 radical (unpaired) electrons. The summed E-state index contributed by atoms with van der Waals surface area (Å²) in [6, 6.07) is 6.47. The minimum Gasteiger partial charge on any atom is -0.493 e. The van der Waals surface area contributed by atoms with Gasteiger partial charge in [0.15, 0.2) is 28.5 Å². The Bertz CT molecular complexity index is 1120. The number of carbonyl (C=O) groups is 2. The average molecular weight is 490 g/mol. The molecule has 2 N–H and O–H groups in total. The number of aromatic nitrogens is 1. The zero-order valence-corrected chi connectivity index (χ0v) is 20.3. The second-order valence-corrected chi connectivity index (χ2v) is 9.49. The first-order valence-electron chi connectivity index (χ1n) is 11.0. The van der Waals surface area contributed by atoms with Gasteiger partial charge >= 0.3 is 0 Å². The number of methoxy groups -OCH3 is 1. The highest BCUT2D eigenvalue weighted by Gasteiger charge is 2.35. The van der Waals surface area contributed by atoms with Crippen molar-refractivity contribution in [2.24, 2.45) is 0 Å². The first kappa shape index (κ1) is 24.1. The van der Waals surface area contributed by atoms with E-state index in [1.807, 2.05) is 13.8 Å². The molecule has 34 heavy (non-hydrogen) atoms. The molecule has 2 unspecified atom stereocenters. The van der Waals surface area contributed by atoms with E-state index in [2.05, 4.69) is 10.3 Å². The van der Waals surface area contributed by atoms with Crippen molar-refractivity contribution in [1.29, 1.82) is 0 Å². The molecule has 2 amide bonds. The fourth-order valence-corrected chi connectivity index (χ4v) is 4.27. The predicted molar refractivity (Wildman–Crippen MR) is 125 cm³/mol. The predicted octanol–water partition coefficient (Wildman–Crippen LogP) is 2.49. The number of likely N-dealkylation sites (tertiary alicyclic amines) is 1. The standard InChI is InChI=1S/C24H28ClN3O6/c1-24(2)12-33-20-14(24)10-15(27-21(20)25)16(29)11-26-22(30)13-5-6-17(19(9-13)32-4)34-18-7-8-28(3)23(18)31/h5-6,9-10,16,18,29H,7-8,11-12H2,1-4H3,(H,26,30). The topological polar surface area (TPSA) is 110 Å². The largest absolute Gasteiger partial charge is 0.493 e. The highest BCUT2D eigenvalue weighted by Crippen LogP contribution is 2.43. The molecule has 2 atom stereocenters. The Labute approximate surface area is 203 Å². The van der Waals surface area contributed by atoms with Gasteiger partial charge in [0, 0.05) is 43.1 Å². The molecule has 1 aromatic heterocycles. The number of fused-ring (bicyclic) bond motifs is 1. The Kier molecular flexibility index (Phi) is 6.60. The number of halogens is 1. The summed E-state index contributed by atoms with van der Waals surface area (Å²) in [5, 5.41) is 13.5. The summed E-state index contributed by atoms with van der Waals surface area (Å²) in [5.41, 5.74) is 1.30. The van der Waals surface area contributed by atoms with Gasteiger partial charge in [-0.15, -0.1) is 0 Å². The third-order valence-electron chi connectivity index (χ3n) is 6.13. The minimum absolute atomic E-state index is 0.0638. The lowest BCUT2D eigenvalue weighted by Crippen LogP contribution is -2.30. The van der Waals surface area contributed by atoms with E-state index in [0.717, 1.165) is 5.56 Å². The van der Waals surface area contributed by atoms with E-state index >= 15 is 0 Å². The summed E-state index contributed by atoms with van der Waals surface area (Å²) in [4.78, 5) is 30.7. The van der Waals surface area contributed by atoms with Crippen LogP contribution in [0.1, 0.15) is 48.0 Å². The summed E-state index contributed by atoms with van der Waals surface area (Å²) in [6.07, 6.45) is -1.04. The molecule has 2 aliphatic rings. The molecule has 0 spiro atoms. The highest BCUT2D eigenvalue weighted by molar-refractivity contribution is 6.31. The number of aliphatic hydroxyl groups excluding tert-OH is 1. The highest BCUT2D eigenvalue weighted by atomic mass is 35.5. The van der Waals surface area contributed by atoms with E-state index in [0.29, 0.717) is 48.1 Å². The minimum atomic E-state index is -1.06. The number of nitrogens with one attached hydrogen (secondary N) is 1. The van der Waals surface area contributed by atoms with Gasteiger partial charge in [0.25, 0.3) is 11.8 Å². The lowest BCUT2D eigenvalue weighted by atomic mass is 9.87. The number of pyridine rings is 1. The van der Waals surface area contributed by atoms with E-state index in [-0.39, 0.29) is 23.0 Å². The Balaban J connectivity index is 1.42. The van der Waals surface area contributed by atoms with Crippen LogP contribution in [0.4, 0.5) is 0 Å². The van der Waals surface area contributed by atoms with Crippen LogP contribution in [0.2, 0.25) is 5.15 Å². The SMILES string of the molecule is COc1cc(C(=O)NCC(O)c2cc3c(c(Cl)n2)OCC3(C)C)ccc1OC1CCN(C)C1=O. The van der Waals surface area contributed by atoms with Crippen LogP contribution in [0.15, 0.2) is 24.3 Å². The molecule has 0 bridgehead atoms. The zero-order valence-electron chi connectivity index (χ0n) is 19.6. The lowest BCUT2D eigenvalue weighted by Gasteiger charge is -2.18. The summed E-state index contributed by atoms with van der Waals surface area (Å²) in [7, 11) is 3.19. The maximum atomic E-state index is 12.7. The molecule has 0 saturated carbocycles. The summed E-state index contributed by atoms with van der Waals surface area (Å²) >= 11 is 6.25. The van der Waals surface area contributed by atoms with E-state index in [9.17, 15) is 14.7 Å². The number of benzene rings is 1. The summed E-state index contributed by atoms with van der Waals surface area (Å²) in [6.45, 7) is 5.09. The van der Waals surface area contributed by atoms with Crippen molar-refractivity contribution < 1.29 is 28.9 Å². The molecular weight excluding hydrogens is 462 g/mol. The van der Waals surface area contributed by atoms with Crippen molar-refractivity contribution in [3.63, 3.8) is 0 Å². The molecule has 0 aliphatic carbocycles. The average Bonchev–Trinajstić information content (AvgIpc) is 3.30. The molecule has 1 aromatic carbocycles. The fourth-order valence-electron chi connectivity index (χ4n) is 4.02. The van der Waals surface area contributed by atoms with Crippen LogP contribution >= 0.6 is 11.6 Å². The fraction of sp³-hybridized carbons (Fsp3) is 0.458. The van der Waals surface area contributed by atoms with Crippen molar-refractivity contribution >= 4 is 23.4 Å². The van der Waals surface area contributed by atoms with Crippen molar-refractivity contribution in [2.75, 3.05) is 33.9 Å². The normalized spacial score (nSPS) is 19.4. The van der Waals surface area contributed by atoms with Crippen LogP contribution in [0.5, 0.6) is 17.2 Å². The number of likely N-dealkylation sites (N-methyl/N-ethyl adjacent to an activating group) is 1. The molecule has 9 nitrogen and oxygen atoms in total. The number of nitrogens with zero attached hydrogens (tertiary/aromatic N) is 2. The summed E-state index contributed by atoms with van der Waals surface area (Å²) < 4.78 is 16.8. The first-order chi connectivity index (χ1) is 16.1. The van der Waals surface area contributed by atoms with Crippen LogP contribution in [-0.4, -0.2) is 66.8 Å². The molecule has 1 fully saturated rings. The monoisotopic (exact) mass is 489 g/mol. The first-order valence-corrected chi connectivity index (χ1v) is 11.4. The van der Waals surface area contributed by atoms with Gasteiger partial charge in [0.05, 0.1) is 19.4 Å². The van der Waals surface area contributed by atoms with Crippen LogP contribution < -0.4 is 19.5 Å². The van der Waals surface area contributed by atoms with Crippen molar-refractivity contribution in [1.82, 2.24) is 15.2 Å². The third kappa shape index (κ3) is 4.63. The number of aliphatic hydroxyl groups is 1. The smallest absolute Gasteiger partial charge is 0.263 e. The molecule has 1 saturated heterocycles. The quantitative estimate of drug-likeness (QED) is 0.575. The van der Waals surface area contributed by atoms with Crippen LogP contribution in [0, 0.1) is 0 Å². The van der Waals surface area contributed by atoms with Crippen molar-refractivity contribution in [2.45, 2.75) is 37.9 Å². The van der Waals surface area contributed by atoms with E-state index in [1.54, 1.807) is 30.1 Å². The van der Waals surface area contributed by atoms with Crippen molar-refractivity contribution in [3.8, 4) is 17.2 Å². The molecule has 3 heterocycles. The maximum absolute atomic E-state index is 12.7. The van der Waals surface area contributed by atoms with Gasteiger partial charge < -0.3 is 29.5 Å². The Hall–Kier alpha value is -3.04. The van der Waals surface area contributed by atoms with Gasteiger partial charge in [0.1, 0.15) is 6.10 Å². The molecule has 10 heteroatoms. The van der Waals surface area contributed by atoms with Crippen LogP contribution in [-0.2, 0) is 10.2 Å². The van der Waals surface area contributed by atoms with Crippen LogP contribution in [0.3, 0.4) is 0 Å². The maximum Gasteiger partial charge on any atom is 0.263 e. The van der Waals surface area contributed by atoms with E-state index in [1.165, 1.54) is 13.2 Å². The number of amides is 2. The zero-order chi connectivity index (χ0) is 24.6. The number of hydrogen-bond acceptors (Lipinski definition) is 7. The third-order valence-corrected chi connectivity index (χ3v) is 6.38. The Morgan fingerprint density at radius 1 is 1.38 bits per heavy atom. The Morgan fingerprint density at radius 3 is 2.82 bits per heavy atom. The Morgan fingerprint density at radius 2 is 2.15 bits per heavy atom. The molecule has 2 aliphatic heterocycles. The van der Waals surface area contributed by atoms with Gasteiger partial charge in [0.2, 0.25) is 0 Å². The van der Waals surface area contributed by atoms with Gasteiger partial charge in [-0.2, -0.15) is 0 Å². The van der Waals surface area contributed by atoms with Gasteiger partial charge in [-0.3, -0.25) is 9.59 Å². The second-order valence-electron chi connectivity index (χ2n) is 9.13. The summed E-state index contributed by atoms with van der Waals surface area (Å²) in [5.74, 6) is 0.760. The van der Waals surface area contributed by atoms with E-state index in [4.69, 9.17) is 25.8 Å². The molecule has 182 valence electrons. The van der Waals surface area contributed by atoms with Gasteiger partial charge in [-0.05, 0) is 24.3 Å². The van der Waals surface area contributed by atoms with E-state index < -0.39 is 18.1 Å².